The van der Waals surface area contributed by atoms with Gasteiger partial charge in [-0.1, -0.05) is 12.8 Å². The first kappa shape index (κ1) is 16.7. The van der Waals surface area contributed by atoms with Crippen LogP contribution in [0.2, 0.25) is 0 Å². The zero-order valence-corrected chi connectivity index (χ0v) is 14.3. The highest BCUT2D eigenvalue weighted by molar-refractivity contribution is 7.71. The van der Waals surface area contributed by atoms with Crippen LogP contribution >= 0.6 is 12.2 Å². The molecule has 0 aliphatic carbocycles. The molecule has 1 aliphatic heterocycles. The minimum atomic E-state index is -0.220. The van der Waals surface area contributed by atoms with Gasteiger partial charge in [-0.25, -0.2) is 0 Å². The predicted molar refractivity (Wildman–Crippen MR) is 93.4 cm³/mol. The lowest BCUT2D eigenvalue weighted by Gasteiger charge is -2.20. The fraction of sp³-hybridized carbons (Fsp3) is 0.471. The van der Waals surface area contributed by atoms with Crippen molar-refractivity contribution in [1.29, 1.82) is 0 Å². The zero-order valence-electron chi connectivity index (χ0n) is 13.5. The van der Waals surface area contributed by atoms with E-state index in [1.165, 1.54) is 12.8 Å². The Labute approximate surface area is 145 Å². The monoisotopic (exact) mass is 347 g/mol. The molecule has 128 valence electrons. The normalized spacial score (nSPS) is 15.2. The van der Waals surface area contributed by atoms with E-state index >= 15 is 0 Å². The van der Waals surface area contributed by atoms with E-state index in [1.807, 2.05) is 4.90 Å². The van der Waals surface area contributed by atoms with E-state index in [1.54, 1.807) is 18.2 Å². The maximum absolute atomic E-state index is 12.2. The lowest BCUT2D eigenvalue weighted by atomic mass is 10.2. The van der Waals surface area contributed by atoms with Gasteiger partial charge >= 0.3 is 0 Å². The maximum atomic E-state index is 12.2. The van der Waals surface area contributed by atoms with Gasteiger partial charge in [0.2, 0.25) is 5.91 Å². The summed E-state index contributed by atoms with van der Waals surface area (Å²) in [6.07, 6.45) is 4.86. The summed E-state index contributed by atoms with van der Waals surface area (Å²) in [4.78, 5) is 29.5. The molecule has 0 unspecified atom stereocenters. The van der Waals surface area contributed by atoms with E-state index in [-0.39, 0.29) is 16.7 Å². The molecular formula is C17H21N3O3S. The molecule has 0 radical (unpaired) electrons. The van der Waals surface area contributed by atoms with E-state index in [4.69, 9.17) is 16.6 Å². The topological polar surface area (TPSA) is 78.3 Å². The third-order valence-electron chi connectivity index (χ3n) is 4.27. The summed E-state index contributed by atoms with van der Waals surface area (Å²) in [5.41, 5.74) is 1.80. The third kappa shape index (κ3) is 4.03. The highest BCUT2D eigenvalue weighted by atomic mass is 32.1. The fourth-order valence-corrected chi connectivity index (χ4v) is 3.15. The van der Waals surface area contributed by atoms with Crippen LogP contribution in [0.15, 0.2) is 22.6 Å². The van der Waals surface area contributed by atoms with E-state index in [2.05, 4.69) is 10.3 Å². The van der Waals surface area contributed by atoms with Crippen LogP contribution in [0.1, 0.15) is 42.5 Å². The molecule has 1 aliphatic rings. The van der Waals surface area contributed by atoms with Gasteiger partial charge in [0.15, 0.2) is 5.58 Å². The highest BCUT2D eigenvalue weighted by Gasteiger charge is 2.15. The van der Waals surface area contributed by atoms with Crippen molar-refractivity contribution in [1.82, 2.24) is 15.2 Å². The van der Waals surface area contributed by atoms with Crippen LogP contribution in [0.5, 0.6) is 0 Å². The van der Waals surface area contributed by atoms with Gasteiger partial charge in [0.05, 0.1) is 5.52 Å². The van der Waals surface area contributed by atoms with Crippen molar-refractivity contribution in [3.05, 3.63) is 28.6 Å². The number of oxazole rings is 1. The van der Waals surface area contributed by atoms with Crippen molar-refractivity contribution in [2.24, 2.45) is 0 Å². The fourth-order valence-electron chi connectivity index (χ4n) is 2.95. The number of carbonyl (C=O) groups is 2. The van der Waals surface area contributed by atoms with Crippen LogP contribution in [-0.2, 0) is 4.79 Å². The molecule has 1 fully saturated rings. The molecule has 24 heavy (non-hydrogen) atoms. The average Bonchev–Trinajstić information content (AvgIpc) is 2.76. The lowest BCUT2D eigenvalue weighted by molar-refractivity contribution is -0.131. The van der Waals surface area contributed by atoms with Crippen molar-refractivity contribution >= 4 is 35.1 Å². The number of nitrogens with one attached hydrogen (secondary N) is 2. The Balaban J connectivity index is 1.52. The van der Waals surface area contributed by atoms with Crippen LogP contribution in [0, 0.1) is 4.84 Å². The summed E-state index contributed by atoms with van der Waals surface area (Å²) in [5.74, 6) is -0.105. The highest BCUT2D eigenvalue weighted by Crippen LogP contribution is 2.15. The number of aromatic amines is 1. The molecule has 0 bridgehead atoms. The molecule has 0 spiro atoms. The minimum absolute atomic E-state index is 0.115. The Bertz CT molecular complexity index is 788. The molecule has 0 atom stereocenters. The van der Waals surface area contributed by atoms with Crippen LogP contribution in [0.3, 0.4) is 0 Å². The summed E-state index contributed by atoms with van der Waals surface area (Å²) in [5, 5.41) is 2.79. The van der Waals surface area contributed by atoms with E-state index in [0.717, 1.165) is 31.4 Å². The summed E-state index contributed by atoms with van der Waals surface area (Å²) in [6, 6.07) is 5.11. The molecule has 0 saturated carbocycles. The van der Waals surface area contributed by atoms with Gasteiger partial charge < -0.3 is 19.6 Å². The van der Waals surface area contributed by atoms with Gasteiger partial charge in [-0.05, 0) is 43.3 Å². The number of amides is 2. The number of likely N-dealkylation sites (tertiary alicyclic amines) is 1. The van der Waals surface area contributed by atoms with Gasteiger partial charge in [0.25, 0.3) is 10.7 Å². The van der Waals surface area contributed by atoms with Crippen LogP contribution in [-0.4, -0.2) is 41.3 Å². The van der Waals surface area contributed by atoms with Crippen molar-refractivity contribution in [3.63, 3.8) is 0 Å². The smallest absolute Gasteiger partial charge is 0.266 e. The van der Waals surface area contributed by atoms with Gasteiger partial charge in [-0.3, -0.25) is 9.59 Å². The number of carbonyl (C=O) groups excluding carboxylic acids is 2. The lowest BCUT2D eigenvalue weighted by Crippen LogP contribution is -2.35. The first-order valence-electron chi connectivity index (χ1n) is 8.32. The Morgan fingerprint density at radius 3 is 2.71 bits per heavy atom. The molecule has 2 N–H and O–H groups in total. The molecule has 2 aromatic rings. The maximum Gasteiger partial charge on any atom is 0.266 e. The first-order chi connectivity index (χ1) is 11.6. The van der Waals surface area contributed by atoms with Crippen molar-refractivity contribution in [2.45, 2.75) is 32.1 Å². The number of hydrogen-bond acceptors (Lipinski definition) is 4. The molecular weight excluding hydrogens is 326 g/mol. The van der Waals surface area contributed by atoms with Crippen molar-refractivity contribution < 1.29 is 14.0 Å². The number of fused-ring (bicyclic) bond motifs is 1. The van der Waals surface area contributed by atoms with Gasteiger partial charge in [0, 0.05) is 31.6 Å². The first-order valence-corrected chi connectivity index (χ1v) is 8.73. The van der Waals surface area contributed by atoms with Gasteiger partial charge in [-0.15, -0.1) is 0 Å². The number of H-pyrrole nitrogens is 1. The zero-order chi connectivity index (χ0) is 16.9. The average molecular weight is 347 g/mol. The Kier molecular flexibility index (Phi) is 5.30. The predicted octanol–water partition coefficient (Wildman–Crippen LogP) is 3.01. The molecule has 1 aromatic carbocycles. The van der Waals surface area contributed by atoms with Crippen LogP contribution < -0.4 is 5.32 Å². The summed E-state index contributed by atoms with van der Waals surface area (Å²) in [6.45, 7) is 2.01. The summed E-state index contributed by atoms with van der Waals surface area (Å²) in [7, 11) is 0. The quantitative estimate of drug-likeness (QED) is 0.834. The summed E-state index contributed by atoms with van der Waals surface area (Å²) >= 11 is 4.93. The van der Waals surface area contributed by atoms with Crippen molar-refractivity contribution in [2.75, 3.05) is 19.6 Å². The second-order valence-corrected chi connectivity index (χ2v) is 6.40. The second-order valence-electron chi connectivity index (χ2n) is 6.03. The van der Waals surface area contributed by atoms with E-state index in [0.29, 0.717) is 24.1 Å². The molecule has 2 heterocycles. The summed E-state index contributed by atoms with van der Waals surface area (Å²) < 4.78 is 5.31. The Hall–Kier alpha value is -2.15. The molecule has 1 saturated heterocycles. The second kappa shape index (κ2) is 7.61. The largest absolute Gasteiger partial charge is 0.429 e. The molecule has 3 rings (SSSR count). The van der Waals surface area contributed by atoms with Gasteiger partial charge in [-0.2, -0.15) is 0 Å². The number of benzene rings is 1. The van der Waals surface area contributed by atoms with Gasteiger partial charge in [0.1, 0.15) is 0 Å². The SMILES string of the molecule is O=C(NCCC(=O)N1CCCCCC1)c1ccc2[nH]c(=S)oc2c1. The Morgan fingerprint density at radius 2 is 1.96 bits per heavy atom. The number of aromatic nitrogens is 1. The van der Waals surface area contributed by atoms with Crippen LogP contribution in [0.4, 0.5) is 0 Å². The number of rotatable bonds is 4. The minimum Gasteiger partial charge on any atom is -0.429 e. The third-order valence-corrected chi connectivity index (χ3v) is 4.45. The molecule has 1 aromatic heterocycles. The molecule has 2 amide bonds. The number of hydrogen-bond donors (Lipinski definition) is 2. The molecule has 7 heteroatoms. The Morgan fingerprint density at radius 1 is 1.21 bits per heavy atom. The standard InChI is InChI=1S/C17H21N3O3S/c21-15(20-9-3-1-2-4-10-20)7-8-18-16(22)12-5-6-13-14(11-12)23-17(24)19-13/h5-6,11H,1-4,7-10H2,(H,18,22)(H,19,24). The van der Waals surface area contributed by atoms with Crippen LogP contribution in [0.25, 0.3) is 11.1 Å². The molecule has 6 nitrogen and oxygen atoms in total. The van der Waals surface area contributed by atoms with Crippen molar-refractivity contribution in [3.8, 4) is 0 Å². The van der Waals surface area contributed by atoms with E-state index in [9.17, 15) is 9.59 Å². The van der Waals surface area contributed by atoms with E-state index < -0.39 is 0 Å². The number of nitrogens with zero attached hydrogens (tertiary/aromatic N) is 1.